The summed E-state index contributed by atoms with van der Waals surface area (Å²) >= 11 is 3.41. The van der Waals surface area contributed by atoms with Crippen LogP contribution in [0, 0.1) is 0 Å². The molecule has 0 unspecified atom stereocenters. The number of amides is 1. The van der Waals surface area contributed by atoms with E-state index in [1.165, 1.54) is 0 Å². The molecule has 0 aliphatic rings. The molecule has 20 heavy (non-hydrogen) atoms. The quantitative estimate of drug-likeness (QED) is 0.826. The van der Waals surface area contributed by atoms with Gasteiger partial charge in [0.05, 0.1) is 0 Å². The van der Waals surface area contributed by atoms with E-state index < -0.39 is 0 Å². The highest BCUT2D eigenvalue weighted by Crippen LogP contribution is 2.15. The van der Waals surface area contributed by atoms with E-state index in [1.807, 2.05) is 54.2 Å². The zero-order valence-electron chi connectivity index (χ0n) is 12.0. The van der Waals surface area contributed by atoms with Gasteiger partial charge in [0, 0.05) is 30.3 Å². The van der Waals surface area contributed by atoms with Crippen molar-refractivity contribution >= 4 is 21.8 Å². The second-order valence-corrected chi connectivity index (χ2v) is 6.10. The van der Waals surface area contributed by atoms with Crippen molar-refractivity contribution in [2.75, 3.05) is 7.05 Å². The summed E-state index contributed by atoms with van der Waals surface area (Å²) in [6.07, 6.45) is 1.95. The maximum Gasteiger partial charge on any atom is 0.270 e. The van der Waals surface area contributed by atoms with Crippen molar-refractivity contribution in [2.24, 2.45) is 0 Å². The molecule has 0 aliphatic carbocycles. The van der Waals surface area contributed by atoms with Gasteiger partial charge < -0.3 is 9.47 Å². The van der Waals surface area contributed by atoms with Gasteiger partial charge >= 0.3 is 0 Å². The molecule has 106 valence electrons. The SMILES string of the molecule is CC(C)n1cccc1C(=O)N(C)Cc1ccc(Br)cc1. The minimum absolute atomic E-state index is 0.0478. The minimum Gasteiger partial charge on any atom is -0.341 e. The fourth-order valence-electron chi connectivity index (χ4n) is 2.16. The van der Waals surface area contributed by atoms with E-state index in [0.29, 0.717) is 6.54 Å². The van der Waals surface area contributed by atoms with Gasteiger partial charge in [-0.2, -0.15) is 0 Å². The Morgan fingerprint density at radius 1 is 1.25 bits per heavy atom. The molecule has 0 N–H and O–H groups in total. The third-order valence-electron chi connectivity index (χ3n) is 3.23. The summed E-state index contributed by atoms with van der Waals surface area (Å²) in [6.45, 7) is 4.76. The lowest BCUT2D eigenvalue weighted by molar-refractivity contribution is 0.0772. The molecule has 1 aromatic carbocycles. The Labute approximate surface area is 128 Å². The Morgan fingerprint density at radius 3 is 2.50 bits per heavy atom. The molecule has 3 nitrogen and oxygen atoms in total. The number of carbonyl (C=O) groups excluding carboxylic acids is 1. The van der Waals surface area contributed by atoms with Crippen LogP contribution >= 0.6 is 15.9 Å². The van der Waals surface area contributed by atoms with Crippen LogP contribution in [0.15, 0.2) is 47.1 Å². The summed E-state index contributed by atoms with van der Waals surface area (Å²) in [7, 11) is 1.84. The highest BCUT2D eigenvalue weighted by molar-refractivity contribution is 9.10. The molecule has 0 aliphatic heterocycles. The monoisotopic (exact) mass is 334 g/mol. The van der Waals surface area contributed by atoms with Crippen LogP contribution in [0.4, 0.5) is 0 Å². The Balaban J connectivity index is 2.12. The van der Waals surface area contributed by atoms with Gasteiger partial charge in [-0.05, 0) is 43.7 Å². The first kappa shape index (κ1) is 14.9. The van der Waals surface area contributed by atoms with Crippen molar-refractivity contribution in [1.29, 1.82) is 0 Å². The van der Waals surface area contributed by atoms with E-state index in [-0.39, 0.29) is 11.9 Å². The lowest BCUT2D eigenvalue weighted by atomic mass is 10.2. The van der Waals surface area contributed by atoms with Crippen molar-refractivity contribution in [3.8, 4) is 0 Å². The first-order chi connectivity index (χ1) is 9.49. The van der Waals surface area contributed by atoms with E-state index in [4.69, 9.17) is 0 Å². The molecule has 0 spiro atoms. The first-order valence-corrected chi connectivity index (χ1v) is 7.45. The fourth-order valence-corrected chi connectivity index (χ4v) is 2.42. The van der Waals surface area contributed by atoms with E-state index in [9.17, 15) is 4.79 Å². The Hall–Kier alpha value is -1.55. The second-order valence-electron chi connectivity index (χ2n) is 5.18. The zero-order chi connectivity index (χ0) is 14.7. The van der Waals surface area contributed by atoms with E-state index in [0.717, 1.165) is 15.7 Å². The van der Waals surface area contributed by atoms with Crippen molar-refractivity contribution in [1.82, 2.24) is 9.47 Å². The largest absolute Gasteiger partial charge is 0.341 e. The van der Waals surface area contributed by atoms with Crippen molar-refractivity contribution in [3.63, 3.8) is 0 Å². The smallest absolute Gasteiger partial charge is 0.270 e. The van der Waals surface area contributed by atoms with Gasteiger partial charge in [0.15, 0.2) is 0 Å². The molecule has 0 fully saturated rings. The number of rotatable bonds is 4. The number of hydrogen-bond donors (Lipinski definition) is 0. The van der Waals surface area contributed by atoms with Crippen LogP contribution in [0.5, 0.6) is 0 Å². The van der Waals surface area contributed by atoms with Crippen molar-refractivity contribution in [2.45, 2.75) is 26.4 Å². The number of aromatic nitrogens is 1. The Bertz CT molecular complexity index is 587. The zero-order valence-corrected chi connectivity index (χ0v) is 13.6. The van der Waals surface area contributed by atoms with Crippen LogP contribution in [0.3, 0.4) is 0 Å². The summed E-state index contributed by atoms with van der Waals surface area (Å²) in [4.78, 5) is 14.2. The van der Waals surface area contributed by atoms with Gasteiger partial charge in [-0.1, -0.05) is 28.1 Å². The summed E-state index contributed by atoms with van der Waals surface area (Å²) < 4.78 is 3.05. The molecular weight excluding hydrogens is 316 g/mol. The molecule has 1 aromatic heterocycles. The lowest BCUT2D eigenvalue weighted by Gasteiger charge is -2.20. The number of hydrogen-bond acceptors (Lipinski definition) is 1. The molecule has 0 atom stereocenters. The maximum atomic E-state index is 12.5. The van der Waals surface area contributed by atoms with Gasteiger partial charge in [-0.3, -0.25) is 4.79 Å². The van der Waals surface area contributed by atoms with Gasteiger partial charge in [-0.15, -0.1) is 0 Å². The van der Waals surface area contributed by atoms with Gasteiger partial charge in [0.2, 0.25) is 0 Å². The average molecular weight is 335 g/mol. The molecule has 0 radical (unpaired) electrons. The molecule has 0 bridgehead atoms. The third kappa shape index (κ3) is 3.31. The van der Waals surface area contributed by atoms with Crippen LogP contribution < -0.4 is 0 Å². The van der Waals surface area contributed by atoms with Crippen LogP contribution in [0.2, 0.25) is 0 Å². The fraction of sp³-hybridized carbons (Fsp3) is 0.312. The maximum absolute atomic E-state index is 12.5. The van der Waals surface area contributed by atoms with Crippen LogP contribution in [0.1, 0.15) is 35.9 Å². The Kier molecular flexibility index (Phi) is 4.65. The standard InChI is InChI=1S/C16H19BrN2O/c1-12(2)19-10-4-5-15(19)16(20)18(3)11-13-6-8-14(17)9-7-13/h4-10,12H,11H2,1-3H3. The lowest BCUT2D eigenvalue weighted by Crippen LogP contribution is -2.28. The number of nitrogens with zero attached hydrogens (tertiary/aromatic N) is 2. The third-order valence-corrected chi connectivity index (χ3v) is 3.76. The number of benzene rings is 1. The normalized spacial score (nSPS) is 10.8. The summed E-state index contributed by atoms with van der Waals surface area (Å²) in [5, 5.41) is 0. The molecular formula is C16H19BrN2O. The first-order valence-electron chi connectivity index (χ1n) is 6.66. The summed E-state index contributed by atoms with van der Waals surface area (Å²) in [6, 6.07) is 12.1. The number of carbonyl (C=O) groups is 1. The minimum atomic E-state index is 0.0478. The highest BCUT2D eigenvalue weighted by atomic mass is 79.9. The van der Waals surface area contributed by atoms with E-state index in [2.05, 4.69) is 29.8 Å². The molecule has 1 amide bonds. The Morgan fingerprint density at radius 2 is 1.90 bits per heavy atom. The topological polar surface area (TPSA) is 25.2 Å². The predicted molar refractivity (Wildman–Crippen MR) is 84.8 cm³/mol. The summed E-state index contributed by atoms with van der Waals surface area (Å²) in [5.74, 6) is 0.0478. The molecule has 0 saturated carbocycles. The van der Waals surface area contributed by atoms with Crippen LogP contribution in [0.25, 0.3) is 0 Å². The molecule has 2 rings (SSSR count). The van der Waals surface area contributed by atoms with Crippen molar-refractivity contribution < 1.29 is 4.79 Å². The van der Waals surface area contributed by atoms with Crippen LogP contribution in [-0.2, 0) is 6.54 Å². The summed E-state index contributed by atoms with van der Waals surface area (Å²) in [5.41, 5.74) is 1.85. The number of halogens is 1. The van der Waals surface area contributed by atoms with Gasteiger partial charge in [-0.25, -0.2) is 0 Å². The predicted octanol–water partition coefficient (Wildman–Crippen LogP) is 4.10. The molecule has 0 saturated heterocycles. The van der Waals surface area contributed by atoms with E-state index in [1.54, 1.807) is 4.90 Å². The highest BCUT2D eigenvalue weighted by Gasteiger charge is 2.16. The van der Waals surface area contributed by atoms with Crippen LogP contribution in [-0.4, -0.2) is 22.4 Å². The molecule has 1 heterocycles. The van der Waals surface area contributed by atoms with Gasteiger partial charge in [0.1, 0.15) is 5.69 Å². The average Bonchev–Trinajstić information content (AvgIpc) is 2.90. The second kappa shape index (κ2) is 6.27. The van der Waals surface area contributed by atoms with E-state index >= 15 is 0 Å². The van der Waals surface area contributed by atoms with Gasteiger partial charge in [0.25, 0.3) is 5.91 Å². The molecule has 4 heteroatoms. The van der Waals surface area contributed by atoms with Crippen molar-refractivity contribution in [3.05, 3.63) is 58.3 Å². The molecule has 2 aromatic rings.